The number of aromatic nitrogens is 2. The zero-order valence-corrected chi connectivity index (χ0v) is 18.4. The SMILES string of the molecule is CCc1ccc(C(=O)N[C@H](C(=O)Nc2nnc(-c3ccc(C)cc3)s2)C(C)C)cc1. The summed E-state index contributed by atoms with van der Waals surface area (Å²) in [6, 6.07) is 14.7. The first kappa shape index (κ1) is 21.6. The number of rotatable bonds is 7. The summed E-state index contributed by atoms with van der Waals surface area (Å²) in [6.07, 6.45) is 0.908. The first-order valence-corrected chi connectivity index (χ1v) is 10.8. The molecule has 1 atom stereocenters. The summed E-state index contributed by atoms with van der Waals surface area (Å²) in [5, 5.41) is 15.0. The third-order valence-corrected chi connectivity index (χ3v) is 5.70. The van der Waals surface area contributed by atoms with Crippen molar-refractivity contribution >= 4 is 28.3 Å². The molecule has 0 aliphatic heterocycles. The number of benzene rings is 2. The van der Waals surface area contributed by atoms with E-state index in [0.29, 0.717) is 10.7 Å². The molecule has 0 radical (unpaired) electrons. The van der Waals surface area contributed by atoms with E-state index in [-0.39, 0.29) is 17.7 Å². The van der Waals surface area contributed by atoms with Crippen LogP contribution < -0.4 is 10.6 Å². The summed E-state index contributed by atoms with van der Waals surface area (Å²) < 4.78 is 0. The van der Waals surface area contributed by atoms with Gasteiger partial charge in [-0.15, -0.1) is 10.2 Å². The predicted octanol–water partition coefficient (Wildman–Crippen LogP) is 4.47. The van der Waals surface area contributed by atoms with E-state index in [2.05, 4.69) is 27.8 Å². The minimum absolute atomic E-state index is 0.0895. The summed E-state index contributed by atoms with van der Waals surface area (Å²) in [5.74, 6) is -0.674. The van der Waals surface area contributed by atoms with Crippen molar-refractivity contribution in [1.29, 1.82) is 0 Å². The van der Waals surface area contributed by atoms with Crippen LogP contribution in [0.1, 0.15) is 42.3 Å². The summed E-state index contributed by atoms with van der Waals surface area (Å²) in [6.45, 7) is 7.87. The molecule has 30 heavy (non-hydrogen) atoms. The van der Waals surface area contributed by atoms with E-state index in [1.165, 1.54) is 11.3 Å². The highest BCUT2D eigenvalue weighted by Gasteiger charge is 2.25. The van der Waals surface area contributed by atoms with Crippen molar-refractivity contribution in [3.8, 4) is 10.6 Å². The molecule has 3 aromatic rings. The first-order valence-electron chi connectivity index (χ1n) is 9.98. The average Bonchev–Trinajstić information content (AvgIpc) is 3.20. The van der Waals surface area contributed by atoms with Crippen LogP contribution in [-0.4, -0.2) is 28.1 Å². The van der Waals surface area contributed by atoms with Gasteiger partial charge in [0, 0.05) is 11.1 Å². The Morgan fingerprint density at radius 3 is 2.27 bits per heavy atom. The van der Waals surface area contributed by atoms with Crippen LogP contribution in [0.5, 0.6) is 0 Å². The normalized spacial score (nSPS) is 11.9. The van der Waals surface area contributed by atoms with E-state index in [1.54, 1.807) is 12.1 Å². The monoisotopic (exact) mass is 422 g/mol. The van der Waals surface area contributed by atoms with Crippen molar-refractivity contribution in [3.63, 3.8) is 0 Å². The van der Waals surface area contributed by atoms with Gasteiger partial charge in [0.2, 0.25) is 11.0 Å². The van der Waals surface area contributed by atoms with Crippen molar-refractivity contribution in [2.24, 2.45) is 5.92 Å². The summed E-state index contributed by atoms with van der Waals surface area (Å²) in [7, 11) is 0. The lowest BCUT2D eigenvalue weighted by atomic mass is 10.0. The van der Waals surface area contributed by atoms with Crippen molar-refractivity contribution in [3.05, 3.63) is 65.2 Å². The lowest BCUT2D eigenvalue weighted by Crippen LogP contribution is -2.47. The molecule has 2 aromatic carbocycles. The molecular formula is C23H26N4O2S. The molecule has 1 aromatic heterocycles. The lowest BCUT2D eigenvalue weighted by Gasteiger charge is -2.21. The fourth-order valence-corrected chi connectivity index (χ4v) is 3.67. The smallest absolute Gasteiger partial charge is 0.251 e. The number of amides is 2. The minimum atomic E-state index is -0.685. The van der Waals surface area contributed by atoms with Gasteiger partial charge in [0.15, 0.2) is 0 Å². The zero-order valence-electron chi connectivity index (χ0n) is 17.6. The topological polar surface area (TPSA) is 84.0 Å². The number of hydrogen-bond acceptors (Lipinski definition) is 5. The maximum Gasteiger partial charge on any atom is 0.251 e. The third-order valence-electron chi connectivity index (χ3n) is 4.81. The summed E-state index contributed by atoms with van der Waals surface area (Å²) in [5.41, 5.74) is 3.80. The Morgan fingerprint density at radius 1 is 1.00 bits per heavy atom. The molecule has 6 nitrogen and oxygen atoms in total. The fourth-order valence-electron chi connectivity index (χ4n) is 2.92. The molecule has 0 aliphatic rings. The largest absolute Gasteiger partial charge is 0.340 e. The van der Waals surface area contributed by atoms with Gasteiger partial charge in [0.1, 0.15) is 11.0 Å². The Balaban J connectivity index is 1.68. The quantitative estimate of drug-likeness (QED) is 0.588. The van der Waals surface area contributed by atoms with Crippen LogP contribution in [0.2, 0.25) is 0 Å². The van der Waals surface area contributed by atoms with Crippen LogP contribution in [0, 0.1) is 12.8 Å². The number of carbonyl (C=O) groups excluding carboxylic acids is 2. The molecule has 0 spiro atoms. The Hall–Kier alpha value is -3.06. The van der Waals surface area contributed by atoms with Crippen molar-refractivity contribution in [1.82, 2.24) is 15.5 Å². The van der Waals surface area contributed by atoms with Gasteiger partial charge >= 0.3 is 0 Å². The van der Waals surface area contributed by atoms with Crippen molar-refractivity contribution in [2.45, 2.75) is 40.2 Å². The number of nitrogens with one attached hydrogen (secondary N) is 2. The van der Waals surface area contributed by atoms with Gasteiger partial charge in [-0.1, -0.05) is 74.1 Å². The second-order valence-electron chi connectivity index (χ2n) is 7.51. The van der Waals surface area contributed by atoms with Crippen LogP contribution in [0.25, 0.3) is 10.6 Å². The molecule has 0 unspecified atom stereocenters. The van der Waals surface area contributed by atoms with Crippen LogP contribution in [0.15, 0.2) is 48.5 Å². The molecular weight excluding hydrogens is 396 g/mol. The number of aryl methyl sites for hydroxylation is 2. The number of hydrogen-bond donors (Lipinski definition) is 2. The van der Waals surface area contributed by atoms with E-state index < -0.39 is 6.04 Å². The average molecular weight is 423 g/mol. The van der Waals surface area contributed by atoms with E-state index >= 15 is 0 Å². The van der Waals surface area contributed by atoms with Gasteiger partial charge in [-0.3, -0.25) is 14.9 Å². The summed E-state index contributed by atoms with van der Waals surface area (Å²) in [4.78, 5) is 25.4. The molecule has 2 N–H and O–H groups in total. The molecule has 3 rings (SSSR count). The third kappa shape index (κ3) is 5.30. The highest BCUT2D eigenvalue weighted by Crippen LogP contribution is 2.26. The number of anilines is 1. The van der Waals surface area contributed by atoms with Crippen molar-refractivity contribution in [2.75, 3.05) is 5.32 Å². The van der Waals surface area contributed by atoms with Crippen LogP contribution in [0.3, 0.4) is 0 Å². The second kappa shape index (κ2) is 9.63. The Bertz CT molecular complexity index is 1010. The Labute approximate surface area is 180 Å². The van der Waals surface area contributed by atoms with Gasteiger partial charge in [0.25, 0.3) is 5.91 Å². The highest BCUT2D eigenvalue weighted by atomic mass is 32.1. The zero-order chi connectivity index (χ0) is 21.7. The van der Waals surface area contributed by atoms with Crippen LogP contribution >= 0.6 is 11.3 Å². The Morgan fingerprint density at radius 2 is 1.67 bits per heavy atom. The van der Waals surface area contributed by atoms with Gasteiger partial charge in [-0.2, -0.15) is 0 Å². The molecule has 0 bridgehead atoms. The second-order valence-corrected chi connectivity index (χ2v) is 8.49. The first-order chi connectivity index (χ1) is 14.4. The maximum atomic E-state index is 12.8. The number of nitrogens with zero attached hydrogens (tertiary/aromatic N) is 2. The lowest BCUT2D eigenvalue weighted by molar-refractivity contribution is -0.118. The molecule has 7 heteroatoms. The van der Waals surface area contributed by atoms with Gasteiger partial charge in [-0.05, 0) is 37.0 Å². The van der Waals surface area contributed by atoms with Gasteiger partial charge < -0.3 is 5.32 Å². The standard InChI is InChI=1S/C23H26N4O2S/c1-5-16-8-12-17(13-9-16)20(28)24-19(14(2)3)21(29)25-23-27-26-22(30-23)18-10-6-15(4)7-11-18/h6-14,19H,5H2,1-4H3,(H,24,28)(H,25,27,29)/t19-/m0/s1. The number of carbonyl (C=O) groups is 2. The maximum absolute atomic E-state index is 12.8. The fraction of sp³-hybridized carbons (Fsp3) is 0.304. The summed E-state index contributed by atoms with van der Waals surface area (Å²) >= 11 is 1.30. The molecule has 2 amide bonds. The highest BCUT2D eigenvalue weighted by molar-refractivity contribution is 7.18. The predicted molar refractivity (Wildman–Crippen MR) is 121 cm³/mol. The van der Waals surface area contributed by atoms with E-state index in [4.69, 9.17) is 0 Å². The molecule has 0 fully saturated rings. The van der Waals surface area contributed by atoms with Gasteiger partial charge in [0.05, 0.1) is 0 Å². The molecule has 0 saturated carbocycles. The molecule has 0 saturated heterocycles. The van der Waals surface area contributed by atoms with E-state index in [9.17, 15) is 9.59 Å². The van der Waals surface area contributed by atoms with Crippen LogP contribution in [-0.2, 0) is 11.2 Å². The van der Waals surface area contributed by atoms with Crippen LogP contribution in [0.4, 0.5) is 5.13 Å². The molecule has 1 heterocycles. The van der Waals surface area contributed by atoms with Crippen molar-refractivity contribution < 1.29 is 9.59 Å². The Kier molecular flexibility index (Phi) is 6.95. The van der Waals surface area contributed by atoms with Gasteiger partial charge in [-0.25, -0.2) is 0 Å². The van der Waals surface area contributed by atoms with E-state index in [1.807, 2.05) is 57.2 Å². The van der Waals surface area contributed by atoms with E-state index in [0.717, 1.165) is 28.1 Å². The molecule has 156 valence electrons. The molecule has 0 aliphatic carbocycles. The minimum Gasteiger partial charge on any atom is -0.340 e.